The maximum Gasteiger partial charge on any atom is 0.344 e. The number of aromatic hydroxyl groups is 1. The zero-order chi connectivity index (χ0) is 20.3. The van der Waals surface area contributed by atoms with E-state index in [1.54, 1.807) is 18.2 Å². The van der Waals surface area contributed by atoms with E-state index >= 15 is 0 Å². The minimum atomic E-state index is -0.682. The Kier molecular flexibility index (Phi) is 5.75. The standard InChI is InChI=1S/C21H19NO5S/c1-12-4-7-14(8-5-12)22-20-18(21(25)27-3)19(24)17(28-20)10-13-6-9-15(26-2)11-16(13)23/h4-11,23-24H,1-3H3/b17-10+,22-20?. The second kappa shape index (κ2) is 8.22. The summed E-state index contributed by atoms with van der Waals surface area (Å²) in [6, 6.07) is 12.3. The van der Waals surface area contributed by atoms with Gasteiger partial charge in [0.25, 0.3) is 0 Å². The Morgan fingerprint density at radius 3 is 2.43 bits per heavy atom. The molecule has 6 nitrogen and oxygen atoms in total. The Hall–Kier alpha value is -3.19. The molecular weight excluding hydrogens is 378 g/mol. The van der Waals surface area contributed by atoms with Gasteiger partial charge in [-0.25, -0.2) is 9.79 Å². The van der Waals surface area contributed by atoms with E-state index in [0.29, 0.717) is 26.9 Å². The molecule has 0 saturated heterocycles. The summed E-state index contributed by atoms with van der Waals surface area (Å²) in [6.45, 7) is 1.97. The number of phenols is 1. The summed E-state index contributed by atoms with van der Waals surface area (Å²) in [4.78, 5) is 17.1. The maximum absolute atomic E-state index is 12.2. The first-order valence-electron chi connectivity index (χ1n) is 8.37. The Bertz CT molecular complexity index is 1010. The number of carbonyl (C=O) groups is 1. The van der Waals surface area contributed by atoms with Crippen LogP contribution in [0.2, 0.25) is 0 Å². The van der Waals surface area contributed by atoms with E-state index in [0.717, 1.165) is 17.3 Å². The van der Waals surface area contributed by atoms with Crippen LogP contribution >= 0.6 is 11.8 Å². The number of aliphatic imine (C=N–C) groups is 1. The lowest BCUT2D eigenvalue weighted by atomic mass is 10.1. The summed E-state index contributed by atoms with van der Waals surface area (Å²) in [5, 5.41) is 21.1. The van der Waals surface area contributed by atoms with Crippen LogP contribution in [0, 0.1) is 6.92 Å². The number of methoxy groups -OCH3 is 2. The van der Waals surface area contributed by atoms with E-state index in [1.165, 1.54) is 20.3 Å². The van der Waals surface area contributed by atoms with Crippen molar-refractivity contribution < 1.29 is 24.5 Å². The van der Waals surface area contributed by atoms with E-state index in [4.69, 9.17) is 9.47 Å². The number of ether oxygens (including phenoxy) is 2. The van der Waals surface area contributed by atoms with Gasteiger partial charge in [0.2, 0.25) is 0 Å². The Labute approximate surface area is 166 Å². The summed E-state index contributed by atoms with van der Waals surface area (Å²) >= 11 is 1.13. The van der Waals surface area contributed by atoms with Crippen LogP contribution in [0.15, 0.2) is 63.7 Å². The number of thioether (sulfide) groups is 1. The zero-order valence-electron chi connectivity index (χ0n) is 15.6. The van der Waals surface area contributed by atoms with Gasteiger partial charge in [0.1, 0.15) is 27.9 Å². The van der Waals surface area contributed by atoms with Crippen LogP contribution < -0.4 is 4.74 Å². The van der Waals surface area contributed by atoms with Crippen molar-refractivity contribution in [1.29, 1.82) is 0 Å². The van der Waals surface area contributed by atoms with Crippen LogP contribution in [0.5, 0.6) is 11.5 Å². The predicted molar refractivity (Wildman–Crippen MR) is 110 cm³/mol. The van der Waals surface area contributed by atoms with Gasteiger partial charge in [-0.15, -0.1) is 0 Å². The third kappa shape index (κ3) is 4.04. The van der Waals surface area contributed by atoms with Gasteiger partial charge in [0.05, 0.1) is 24.8 Å². The van der Waals surface area contributed by atoms with Crippen LogP contribution in [0.25, 0.3) is 6.08 Å². The first-order valence-corrected chi connectivity index (χ1v) is 9.18. The highest BCUT2D eigenvalue weighted by Gasteiger charge is 2.33. The molecule has 1 aliphatic rings. The van der Waals surface area contributed by atoms with Crippen molar-refractivity contribution in [3.05, 3.63) is 69.8 Å². The fraction of sp³-hybridized carbons (Fsp3) is 0.143. The second-order valence-corrected chi connectivity index (χ2v) is 7.03. The van der Waals surface area contributed by atoms with E-state index in [1.807, 2.05) is 31.2 Å². The average Bonchev–Trinajstić information content (AvgIpc) is 2.99. The summed E-state index contributed by atoms with van der Waals surface area (Å²) in [5.74, 6) is -0.421. The van der Waals surface area contributed by atoms with Crippen molar-refractivity contribution in [1.82, 2.24) is 0 Å². The number of aliphatic hydroxyl groups excluding tert-OH is 1. The summed E-state index contributed by atoms with van der Waals surface area (Å²) < 4.78 is 9.87. The predicted octanol–water partition coefficient (Wildman–Crippen LogP) is 4.51. The van der Waals surface area contributed by atoms with Gasteiger partial charge in [0.15, 0.2) is 0 Å². The molecule has 0 amide bonds. The Morgan fingerprint density at radius 2 is 1.82 bits per heavy atom. The van der Waals surface area contributed by atoms with E-state index < -0.39 is 5.97 Å². The van der Waals surface area contributed by atoms with Crippen molar-refractivity contribution >= 4 is 34.5 Å². The van der Waals surface area contributed by atoms with Crippen molar-refractivity contribution in [2.24, 2.45) is 4.99 Å². The van der Waals surface area contributed by atoms with Crippen LogP contribution in [-0.4, -0.2) is 35.4 Å². The average molecular weight is 397 g/mol. The van der Waals surface area contributed by atoms with Crippen molar-refractivity contribution in [2.45, 2.75) is 6.92 Å². The lowest BCUT2D eigenvalue weighted by Gasteiger charge is -2.04. The molecular formula is C21H19NO5S. The van der Waals surface area contributed by atoms with E-state index in [9.17, 15) is 15.0 Å². The first-order chi connectivity index (χ1) is 13.4. The summed E-state index contributed by atoms with van der Waals surface area (Å²) in [5.41, 5.74) is 2.20. The monoisotopic (exact) mass is 397 g/mol. The topological polar surface area (TPSA) is 88.4 Å². The highest BCUT2D eigenvalue weighted by atomic mass is 32.2. The molecule has 2 aromatic rings. The van der Waals surface area contributed by atoms with Gasteiger partial charge in [-0.05, 0) is 37.3 Å². The Balaban J connectivity index is 2.03. The zero-order valence-corrected chi connectivity index (χ0v) is 16.4. The molecule has 0 saturated carbocycles. The quantitative estimate of drug-likeness (QED) is 0.738. The second-order valence-electron chi connectivity index (χ2n) is 6.00. The van der Waals surface area contributed by atoms with Gasteiger partial charge in [-0.2, -0.15) is 0 Å². The number of carbonyl (C=O) groups excluding carboxylic acids is 1. The number of hydrogen-bond acceptors (Lipinski definition) is 7. The van der Waals surface area contributed by atoms with Crippen LogP contribution in [0.1, 0.15) is 11.1 Å². The van der Waals surface area contributed by atoms with Gasteiger partial charge in [-0.1, -0.05) is 29.5 Å². The van der Waals surface area contributed by atoms with Gasteiger partial charge in [0, 0.05) is 11.6 Å². The molecule has 0 aromatic heterocycles. The smallest absolute Gasteiger partial charge is 0.344 e. The molecule has 0 aliphatic carbocycles. The molecule has 2 aromatic carbocycles. The van der Waals surface area contributed by atoms with Crippen molar-refractivity contribution in [3.63, 3.8) is 0 Å². The summed E-state index contributed by atoms with van der Waals surface area (Å²) in [7, 11) is 2.75. The number of rotatable bonds is 4. The lowest BCUT2D eigenvalue weighted by molar-refractivity contribution is -0.135. The highest BCUT2D eigenvalue weighted by molar-refractivity contribution is 8.18. The van der Waals surface area contributed by atoms with E-state index in [2.05, 4.69) is 4.99 Å². The van der Waals surface area contributed by atoms with Crippen LogP contribution in [0.4, 0.5) is 5.69 Å². The molecule has 3 rings (SSSR count). The van der Waals surface area contributed by atoms with Crippen LogP contribution in [-0.2, 0) is 9.53 Å². The molecule has 0 atom stereocenters. The number of nitrogens with zero attached hydrogens (tertiary/aromatic N) is 1. The molecule has 2 N–H and O–H groups in total. The fourth-order valence-electron chi connectivity index (χ4n) is 2.54. The van der Waals surface area contributed by atoms with Crippen molar-refractivity contribution in [3.8, 4) is 11.5 Å². The number of phenolic OH excluding ortho intramolecular Hbond substituents is 1. The largest absolute Gasteiger partial charge is 0.507 e. The molecule has 28 heavy (non-hydrogen) atoms. The normalized spacial score (nSPS) is 16.7. The van der Waals surface area contributed by atoms with Crippen LogP contribution in [0.3, 0.4) is 0 Å². The van der Waals surface area contributed by atoms with Gasteiger partial charge >= 0.3 is 5.97 Å². The molecule has 0 unspecified atom stereocenters. The highest BCUT2D eigenvalue weighted by Crippen LogP contribution is 2.41. The molecule has 7 heteroatoms. The molecule has 0 radical (unpaired) electrons. The molecule has 144 valence electrons. The molecule has 1 heterocycles. The van der Waals surface area contributed by atoms with E-state index in [-0.39, 0.29) is 17.1 Å². The minimum Gasteiger partial charge on any atom is -0.507 e. The molecule has 0 fully saturated rings. The Morgan fingerprint density at radius 1 is 1.11 bits per heavy atom. The number of benzene rings is 2. The lowest BCUT2D eigenvalue weighted by Crippen LogP contribution is -2.10. The summed E-state index contributed by atoms with van der Waals surface area (Å²) in [6.07, 6.45) is 1.58. The van der Waals surface area contributed by atoms with Crippen molar-refractivity contribution in [2.75, 3.05) is 14.2 Å². The third-order valence-electron chi connectivity index (χ3n) is 4.07. The van der Waals surface area contributed by atoms with Gasteiger partial charge < -0.3 is 19.7 Å². The third-order valence-corrected chi connectivity index (χ3v) is 5.09. The first kappa shape index (κ1) is 19.6. The molecule has 1 aliphatic heterocycles. The molecule has 0 bridgehead atoms. The SMILES string of the molecule is COC(=O)C1=C(O)/C(=C\c2ccc(OC)cc2O)SC1=Nc1ccc(C)cc1. The number of aliphatic hydroxyl groups is 1. The number of esters is 1. The van der Waals surface area contributed by atoms with Gasteiger partial charge in [-0.3, -0.25) is 0 Å². The number of hydrogen-bond donors (Lipinski definition) is 2. The fourth-order valence-corrected chi connectivity index (χ4v) is 3.57. The number of aryl methyl sites for hydroxylation is 1. The minimum absolute atomic E-state index is 0.00711. The molecule has 0 spiro atoms. The maximum atomic E-state index is 12.2.